The van der Waals surface area contributed by atoms with Gasteiger partial charge in [0.25, 0.3) is 21.8 Å². The molecular formula is C40H37N7O8S2. The number of carboxylic acid groups (broad SMARTS) is 2. The number of hydrogen-bond acceptors (Lipinski definition) is 9. The van der Waals surface area contributed by atoms with E-state index >= 15 is 0 Å². The fourth-order valence-electron chi connectivity index (χ4n) is 6.49. The molecule has 0 aliphatic heterocycles. The van der Waals surface area contributed by atoms with Crippen LogP contribution < -0.4 is 14.9 Å². The summed E-state index contributed by atoms with van der Waals surface area (Å²) >= 11 is 1.32. The van der Waals surface area contributed by atoms with Crippen LogP contribution in [-0.2, 0) is 35.7 Å². The minimum Gasteiger partial charge on any atom is -0.478 e. The van der Waals surface area contributed by atoms with E-state index in [0.717, 1.165) is 51.3 Å². The first-order valence-electron chi connectivity index (χ1n) is 17.9. The number of benzene rings is 3. The molecule has 3 aromatic carbocycles. The van der Waals surface area contributed by atoms with Gasteiger partial charge in [0.2, 0.25) is 0 Å². The number of carboxylic acids is 2. The Morgan fingerprint density at radius 1 is 0.860 bits per heavy atom. The molecule has 4 N–H and O–H groups in total. The second-order valence-electron chi connectivity index (χ2n) is 13.3. The zero-order chi connectivity index (χ0) is 40.7. The number of hydrogen-bond donors (Lipinski definition) is 4. The summed E-state index contributed by atoms with van der Waals surface area (Å²) < 4.78 is 29.2. The third kappa shape index (κ3) is 9.29. The summed E-state index contributed by atoms with van der Waals surface area (Å²) in [5.41, 5.74) is 12.8. The number of carbonyl (C=O) groups is 4. The molecule has 2 amide bonds. The normalized spacial score (nSPS) is 12.7. The number of sulfonamides is 1. The van der Waals surface area contributed by atoms with Gasteiger partial charge in [-0.3, -0.25) is 9.59 Å². The Hall–Kier alpha value is -6.55. The fraction of sp³-hybridized carbons (Fsp3) is 0.225. The second kappa shape index (κ2) is 17.5. The summed E-state index contributed by atoms with van der Waals surface area (Å²) in [6, 6.07) is 21.0. The van der Waals surface area contributed by atoms with Crippen molar-refractivity contribution in [3.63, 3.8) is 0 Å². The molecule has 2 heterocycles. The standard InChI is InChI=1S/C40H37N7O8S2/c1-24(22-43-46-41)47(34-20-17-29(23-42-34)40(52)53)57(54,55)31-6-4-5-28(21-31)36(48)45-38-35(32-7-2-3-8-33(32)56-38)37(49)44-30-18-13-26(14-19-30)10-9-25-11-15-27(16-12-25)39(50)51/h4-6,11-21,23-24H,2-3,7-10,22H2,1H3,(H,44,49)(H,45,48)(H,50,51)(H,52,53). The molecule has 15 nitrogen and oxygen atoms in total. The Bertz CT molecular complexity index is 2480. The molecule has 0 fully saturated rings. The van der Waals surface area contributed by atoms with E-state index in [2.05, 4.69) is 25.6 Å². The number of thiophene rings is 1. The average molecular weight is 808 g/mol. The number of rotatable bonds is 15. The Kier molecular flexibility index (Phi) is 12.3. The van der Waals surface area contributed by atoms with Gasteiger partial charge in [-0.05, 0) is 122 Å². The number of aromatic nitrogens is 1. The van der Waals surface area contributed by atoms with Crippen molar-refractivity contribution >= 4 is 61.6 Å². The molecule has 17 heteroatoms. The van der Waals surface area contributed by atoms with E-state index in [9.17, 15) is 32.7 Å². The number of fused-ring (bicyclic) bond motifs is 1. The van der Waals surface area contributed by atoms with Gasteiger partial charge in [0.05, 0.1) is 21.6 Å². The first-order chi connectivity index (χ1) is 27.3. The number of carbonyl (C=O) groups excluding carboxylic acids is 2. The molecule has 0 saturated heterocycles. The van der Waals surface area contributed by atoms with Crippen LogP contribution in [0.4, 0.5) is 16.5 Å². The predicted octanol–water partition coefficient (Wildman–Crippen LogP) is 7.60. The van der Waals surface area contributed by atoms with E-state index in [1.165, 1.54) is 54.7 Å². The minimum absolute atomic E-state index is 0.000874. The smallest absolute Gasteiger partial charge is 0.337 e. The summed E-state index contributed by atoms with van der Waals surface area (Å²) in [4.78, 5) is 57.8. The maximum absolute atomic E-state index is 14.1. The average Bonchev–Trinajstić information content (AvgIpc) is 3.58. The van der Waals surface area contributed by atoms with Crippen molar-refractivity contribution in [2.75, 3.05) is 21.5 Å². The van der Waals surface area contributed by atoms with Crippen LogP contribution in [0.25, 0.3) is 10.4 Å². The van der Waals surface area contributed by atoms with Crippen LogP contribution in [0.3, 0.4) is 0 Å². The molecular weight excluding hydrogens is 771 g/mol. The van der Waals surface area contributed by atoms with Gasteiger partial charge >= 0.3 is 11.9 Å². The molecule has 5 aromatic rings. The van der Waals surface area contributed by atoms with E-state index in [1.54, 1.807) is 36.4 Å². The number of amides is 2. The minimum atomic E-state index is -4.45. The van der Waals surface area contributed by atoms with Crippen LogP contribution in [0.2, 0.25) is 0 Å². The quantitative estimate of drug-likeness (QED) is 0.0463. The number of aromatic carboxylic acids is 2. The largest absolute Gasteiger partial charge is 0.478 e. The van der Waals surface area contributed by atoms with Gasteiger partial charge in [0.15, 0.2) is 0 Å². The van der Waals surface area contributed by atoms with Crippen LogP contribution in [0.5, 0.6) is 0 Å². The summed E-state index contributed by atoms with van der Waals surface area (Å²) in [7, 11) is -4.45. The zero-order valence-corrected chi connectivity index (χ0v) is 32.2. The second-order valence-corrected chi connectivity index (χ2v) is 16.2. The van der Waals surface area contributed by atoms with Crippen molar-refractivity contribution in [1.82, 2.24) is 4.98 Å². The fourth-order valence-corrected chi connectivity index (χ4v) is 9.42. The molecule has 1 unspecified atom stereocenters. The SMILES string of the molecule is CC(CN=[N+]=[N-])N(c1ccc(C(=O)O)cn1)S(=O)(=O)c1cccc(C(=O)Nc2sc3c(c2C(=O)Nc2ccc(CCc4ccc(C(=O)O)cc4)cc2)CCCC3)c1. The van der Waals surface area contributed by atoms with Crippen LogP contribution in [0.15, 0.2) is 101 Å². The van der Waals surface area contributed by atoms with E-state index < -0.39 is 39.8 Å². The molecule has 0 bridgehead atoms. The maximum atomic E-state index is 14.1. The van der Waals surface area contributed by atoms with Crippen LogP contribution in [-0.4, -0.2) is 60.0 Å². The Labute approximate surface area is 331 Å². The summed E-state index contributed by atoms with van der Waals surface area (Å²) in [6.07, 6.45) is 5.67. The highest BCUT2D eigenvalue weighted by Gasteiger charge is 2.32. The monoisotopic (exact) mass is 807 g/mol. The van der Waals surface area contributed by atoms with Crippen LogP contribution >= 0.6 is 11.3 Å². The number of nitrogens with zero attached hydrogens (tertiary/aromatic N) is 5. The third-order valence-electron chi connectivity index (χ3n) is 9.42. The topological polar surface area (TPSA) is 232 Å². The molecule has 6 rings (SSSR count). The highest BCUT2D eigenvalue weighted by atomic mass is 32.2. The first kappa shape index (κ1) is 40.1. The molecule has 0 spiro atoms. The molecule has 1 aliphatic carbocycles. The van der Waals surface area contributed by atoms with Crippen molar-refractivity contribution < 1.29 is 37.8 Å². The molecule has 2 aromatic heterocycles. The lowest BCUT2D eigenvalue weighted by Crippen LogP contribution is -2.41. The summed E-state index contributed by atoms with van der Waals surface area (Å²) in [5, 5.41) is 28.1. The summed E-state index contributed by atoms with van der Waals surface area (Å²) in [6.45, 7) is 1.24. The van der Waals surface area contributed by atoms with Crippen molar-refractivity contribution in [2.24, 2.45) is 5.11 Å². The van der Waals surface area contributed by atoms with E-state index in [1.807, 2.05) is 12.1 Å². The maximum Gasteiger partial charge on any atom is 0.337 e. The lowest BCUT2D eigenvalue weighted by molar-refractivity contribution is 0.0686. The van der Waals surface area contributed by atoms with E-state index in [4.69, 9.17) is 10.6 Å². The Morgan fingerprint density at radius 2 is 1.51 bits per heavy atom. The molecule has 0 radical (unpaired) electrons. The predicted molar refractivity (Wildman–Crippen MR) is 215 cm³/mol. The molecule has 57 heavy (non-hydrogen) atoms. The highest BCUT2D eigenvalue weighted by Crippen LogP contribution is 2.39. The van der Waals surface area contributed by atoms with Gasteiger partial charge < -0.3 is 20.8 Å². The summed E-state index contributed by atoms with van der Waals surface area (Å²) in [5.74, 6) is -3.37. The van der Waals surface area contributed by atoms with Crippen LogP contribution in [0, 0.1) is 0 Å². The Balaban J connectivity index is 1.20. The van der Waals surface area contributed by atoms with Crippen molar-refractivity contribution in [1.29, 1.82) is 0 Å². The van der Waals surface area contributed by atoms with Crippen molar-refractivity contribution in [3.8, 4) is 0 Å². The van der Waals surface area contributed by atoms with Gasteiger partial charge in [0, 0.05) is 39.8 Å². The van der Waals surface area contributed by atoms with Gasteiger partial charge in [0.1, 0.15) is 10.8 Å². The number of nitrogens with one attached hydrogen (secondary N) is 2. The molecule has 0 saturated carbocycles. The van der Waals surface area contributed by atoms with Gasteiger partial charge in [-0.25, -0.2) is 27.3 Å². The lowest BCUT2D eigenvalue weighted by atomic mass is 9.95. The van der Waals surface area contributed by atoms with Crippen molar-refractivity contribution in [3.05, 3.63) is 145 Å². The van der Waals surface area contributed by atoms with Gasteiger partial charge in [-0.1, -0.05) is 35.4 Å². The molecule has 292 valence electrons. The number of azide groups is 1. The lowest BCUT2D eigenvalue weighted by Gasteiger charge is -2.28. The van der Waals surface area contributed by atoms with Gasteiger partial charge in [-0.15, -0.1) is 11.3 Å². The van der Waals surface area contributed by atoms with Crippen LogP contribution in [0.1, 0.15) is 82.8 Å². The zero-order valence-electron chi connectivity index (χ0n) is 30.6. The third-order valence-corrected chi connectivity index (χ3v) is 12.5. The molecule has 1 atom stereocenters. The molecule has 1 aliphatic rings. The Morgan fingerprint density at radius 3 is 2.14 bits per heavy atom. The number of pyridine rings is 1. The first-order valence-corrected chi connectivity index (χ1v) is 20.1. The van der Waals surface area contributed by atoms with Crippen molar-refractivity contribution in [2.45, 2.75) is 56.4 Å². The van der Waals surface area contributed by atoms with E-state index in [-0.39, 0.29) is 33.9 Å². The number of anilines is 3. The highest BCUT2D eigenvalue weighted by molar-refractivity contribution is 7.92. The van der Waals surface area contributed by atoms with E-state index in [0.29, 0.717) is 35.5 Å². The number of aryl methyl sites for hydroxylation is 3. The van der Waals surface area contributed by atoms with Gasteiger partial charge in [-0.2, -0.15) is 0 Å².